The highest BCUT2D eigenvalue weighted by molar-refractivity contribution is 7.91. The zero-order valence-electron chi connectivity index (χ0n) is 14.9. The summed E-state index contributed by atoms with van der Waals surface area (Å²) in [6, 6.07) is 12.1. The topological polar surface area (TPSA) is 79.8 Å². The number of ether oxygens (including phenoxy) is 1. The van der Waals surface area contributed by atoms with E-state index in [0.29, 0.717) is 18.9 Å². The van der Waals surface area contributed by atoms with Gasteiger partial charge in [-0.05, 0) is 48.4 Å². The number of hydrogen-bond acceptors (Lipinski definition) is 5. The smallest absolute Gasteiger partial charge is 0.191 e. The van der Waals surface area contributed by atoms with Crippen LogP contribution in [0.15, 0.2) is 41.4 Å². The van der Waals surface area contributed by atoms with Gasteiger partial charge in [-0.1, -0.05) is 0 Å². The molecule has 140 valence electrons. The van der Waals surface area contributed by atoms with Crippen LogP contribution in [-0.2, 0) is 16.4 Å². The summed E-state index contributed by atoms with van der Waals surface area (Å²) in [5, 5.41) is 6.45. The van der Waals surface area contributed by atoms with Gasteiger partial charge in [0, 0.05) is 22.8 Å². The van der Waals surface area contributed by atoms with Crippen molar-refractivity contribution < 1.29 is 13.2 Å². The third kappa shape index (κ3) is 4.76. The first-order valence-corrected chi connectivity index (χ1v) is 11.0. The molecular formula is C18H23N3O3S2. The van der Waals surface area contributed by atoms with Crippen LogP contribution in [0.5, 0.6) is 5.75 Å². The third-order valence-corrected chi connectivity index (χ3v) is 7.17. The molecule has 1 atom stereocenters. The predicted molar refractivity (Wildman–Crippen MR) is 107 cm³/mol. The molecule has 1 aromatic heterocycles. The van der Waals surface area contributed by atoms with E-state index < -0.39 is 9.84 Å². The lowest BCUT2D eigenvalue weighted by Gasteiger charge is -2.15. The summed E-state index contributed by atoms with van der Waals surface area (Å²) in [5.41, 5.74) is 1.15. The fourth-order valence-corrected chi connectivity index (χ4v) is 5.48. The van der Waals surface area contributed by atoms with Crippen LogP contribution in [0, 0.1) is 0 Å². The van der Waals surface area contributed by atoms with Crippen molar-refractivity contribution in [1.82, 2.24) is 10.6 Å². The van der Waals surface area contributed by atoms with Gasteiger partial charge in [0.2, 0.25) is 0 Å². The molecular weight excluding hydrogens is 370 g/mol. The van der Waals surface area contributed by atoms with E-state index >= 15 is 0 Å². The summed E-state index contributed by atoms with van der Waals surface area (Å²) in [5.74, 6) is 1.90. The van der Waals surface area contributed by atoms with Crippen LogP contribution >= 0.6 is 11.3 Å². The number of benzene rings is 1. The molecule has 0 aliphatic carbocycles. The van der Waals surface area contributed by atoms with Crippen LogP contribution in [0.1, 0.15) is 11.3 Å². The van der Waals surface area contributed by atoms with Gasteiger partial charge in [0.15, 0.2) is 15.8 Å². The fourth-order valence-electron chi connectivity index (χ4n) is 2.85. The zero-order chi connectivity index (χ0) is 18.6. The second kappa shape index (κ2) is 8.09. The molecule has 0 radical (unpaired) electrons. The molecule has 1 aliphatic rings. The monoisotopic (exact) mass is 393 g/mol. The number of guanidine groups is 1. The number of rotatable bonds is 5. The van der Waals surface area contributed by atoms with Crippen LogP contribution in [0.25, 0.3) is 10.4 Å². The van der Waals surface area contributed by atoms with Crippen LogP contribution in [0.4, 0.5) is 0 Å². The average molecular weight is 394 g/mol. The number of nitrogens with zero attached hydrogens (tertiary/aromatic N) is 1. The lowest BCUT2D eigenvalue weighted by molar-refractivity contribution is 0.415. The van der Waals surface area contributed by atoms with Crippen molar-refractivity contribution in [2.45, 2.75) is 19.0 Å². The predicted octanol–water partition coefficient (Wildman–Crippen LogP) is 2.28. The maximum absolute atomic E-state index is 11.6. The molecule has 1 unspecified atom stereocenters. The van der Waals surface area contributed by atoms with E-state index in [1.54, 1.807) is 25.5 Å². The molecule has 1 saturated heterocycles. The number of aliphatic imine (C=N–C) groups is 1. The van der Waals surface area contributed by atoms with Gasteiger partial charge in [-0.15, -0.1) is 11.3 Å². The van der Waals surface area contributed by atoms with Gasteiger partial charge in [0.05, 0.1) is 25.2 Å². The van der Waals surface area contributed by atoms with Crippen molar-refractivity contribution in [2.75, 3.05) is 25.7 Å². The Bertz CT molecular complexity index is 873. The number of methoxy groups -OCH3 is 1. The van der Waals surface area contributed by atoms with Gasteiger partial charge in [-0.2, -0.15) is 0 Å². The second-order valence-electron chi connectivity index (χ2n) is 6.16. The highest BCUT2D eigenvalue weighted by atomic mass is 32.2. The Kier molecular flexibility index (Phi) is 5.83. The van der Waals surface area contributed by atoms with E-state index in [0.717, 1.165) is 11.3 Å². The fraction of sp³-hybridized carbons (Fsp3) is 0.389. The van der Waals surface area contributed by atoms with Crippen molar-refractivity contribution in [2.24, 2.45) is 4.99 Å². The van der Waals surface area contributed by atoms with Gasteiger partial charge >= 0.3 is 0 Å². The minimum Gasteiger partial charge on any atom is -0.497 e. The highest BCUT2D eigenvalue weighted by Crippen LogP contribution is 2.29. The number of nitrogens with one attached hydrogen (secondary N) is 2. The van der Waals surface area contributed by atoms with E-state index in [2.05, 4.69) is 27.8 Å². The number of hydrogen-bond donors (Lipinski definition) is 2. The Balaban J connectivity index is 1.56. The standard InChI is InChI=1S/C18H23N3O3S2/c1-19-18(21-14-9-10-26(22,23)12-14)20-11-16-7-8-17(25-16)13-3-5-15(24-2)6-4-13/h3-8,14H,9-12H2,1-2H3,(H2,19,20,21). The molecule has 1 aliphatic heterocycles. The first-order valence-electron chi connectivity index (χ1n) is 8.40. The molecule has 1 fully saturated rings. The minimum absolute atomic E-state index is 0.0654. The SMILES string of the molecule is CN=C(NCc1ccc(-c2ccc(OC)cc2)s1)NC1CCS(=O)(=O)C1. The summed E-state index contributed by atoms with van der Waals surface area (Å²) in [6.45, 7) is 0.639. The van der Waals surface area contributed by atoms with E-state index in [1.807, 2.05) is 24.3 Å². The van der Waals surface area contributed by atoms with Crippen molar-refractivity contribution in [3.63, 3.8) is 0 Å². The van der Waals surface area contributed by atoms with Crippen LogP contribution < -0.4 is 15.4 Å². The zero-order valence-corrected chi connectivity index (χ0v) is 16.5. The first-order chi connectivity index (χ1) is 12.5. The minimum atomic E-state index is -2.90. The van der Waals surface area contributed by atoms with Gasteiger partial charge in [-0.25, -0.2) is 8.42 Å². The molecule has 0 bridgehead atoms. The maximum Gasteiger partial charge on any atom is 0.191 e. The first kappa shape index (κ1) is 18.7. The third-order valence-electron chi connectivity index (χ3n) is 4.26. The molecule has 2 aromatic rings. The molecule has 2 N–H and O–H groups in total. The Morgan fingerprint density at radius 3 is 2.65 bits per heavy atom. The Hall–Kier alpha value is -2.06. The summed E-state index contributed by atoms with van der Waals surface area (Å²) in [4.78, 5) is 6.56. The molecule has 2 heterocycles. The summed E-state index contributed by atoms with van der Waals surface area (Å²) >= 11 is 1.71. The Morgan fingerprint density at radius 2 is 2.04 bits per heavy atom. The van der Waals surface area contributed by atoms with Gasteiger partial charge in [0.25, 0.3) is 0 Å². The molecule has 6 nitrogen and oxygen atoms in total. The quantitative estimate of drug-likeness (QED) is 0.602. The van der Waals surface area contributed by atoms with E-state index in [4.69, 9.17) is 4.74 Å². The average Bonchev–Trinajstić information content (AvgIpc) is 3.25. The molecule has 1 aromatic carbocycles. The van der Waals surface area contributed by atoms with Crippen molar-refractivity contribution in [1.29, 1.82) is 0 Å². The van der Waals surface area contributed by atoms with Crippen LogP contribution in [0.2, 0.25) is 0 Å². The lowest BCUT2D eigenvalue weighted by atomic mass is 10.2. The van der Waals surface area contributed by atoms with E-state index in [9.17, 15) is 8.42 Å². The van der Waals surface area contributed by atoms with Crippen LogP contribution in [-0.4, -0.2) is 46.1 Å². The van der Waals surface area contributed by atoms with E-state index in [-0.39, 0.29) is 17.5 Å². The molecule has 0 spiro atoms. The number of sulfone groups is 1. The summed E-state index contributed by atoms with van der Waals surface area (Å²) < 4.78 is 28.3. The second-order valence-corrected chi connectivity index (χ2v) is 9.56. The van der Waals surface area contributed by atoms with Crippen molar-refractivity contribution in [3.8, 4) is 16.2 Å². The molecule has 8 heteroatoms. The summed E-state index contributed by atoms with van der Waals surface area (Å²) in [6.07, 6.45) is 0.629. The lowest BCUT2D eigenvalue weighted by Crippen LogP contribution is -2.43. The van der Waals surface area contributed by atoms with Crippen LogP contribution in [0.3, 0.4) is 0 Å². The van der Waals surface area contributed by atoms with Gasteiger partial charge in [-0.3, -0.25) is 4.99 Å². The molecule has 0 saturated carbocycles. The molecule has 3 rings (SSSR count). The molecule has 26 heavy (non-hydrogen) atoms. The van der Waals surface area contributed by atoms with Gasteiger partial charge < -0.3 is 15.4 Å². The molecule has 0 amide bonds. The van der Waals surface area contributed by atoms with Crippen molar-refractivity contribution >= 4 is 27.1 Å². The normalized spacial score (nSPS) is 19.3. The van der Waals surface area contributed by atoms with Crippen molar-refractivity contribution in [3.05, 3.63) is 41.3 Å². The largest absolute Gasteiger partial charge is 0.497 e. The Morgan fingerprint density at radius 1 is 1.27 bits per heavy atom. The maximum atomic E-state index is 11.6. The summed E-state index contributed by atoms with van der Waals surface area (Å²) in [7, 11) is 0.448. The Labute approximate surface area is 158 Å². The number of thiophene rings is 1. The van der Waals surface area contributed by atoms with Gasteiger partial charge in [0.1, 0.15) is 5.75 Å². The van der Waals surface area contributed by atoms with E-state index in [1.165, 1.54) is 9.75 Å². The highest BCUT2D eigenvalue weighted by Gasteiger charge is 2.28.